The van der Waals surface area contributed by atoms with Crippen molar-refractivity contribution in [2.75, 3.05) is 13.7 Å². The van der Waals surface area contributed by atoms with Gasteiger partial charge in [-0.05, 0) is 6.92 Å². The van der Waals surface area contributed by atoms with Gasteiger partial charge in [0, 0.05) is 6.07 Å². The van der Waals surface area contributed by atoms with Crippen molar-refractivity contribution < 1.29 is 41.0 Å². The third kappa shape index (κ3) is 4.43. The highest BCUT2D eigenvalue weighted by molar-refractivity contribution is 5.94. The van der Waals surface area contributed by atoms with Crippen molar-refractivity contribution in [2.24, 2.45) is 0 Å². The Morgan fingerprint density at radius 2 is 2.00 bits per heavy atom. The van der Waals surface area contributed by atoms with Crippen LogP contribution in [0.25, 0.3) is 0 Å². The molecule has 118 valence electrons. The molecule has 1 aromatic rings. The standard InChI is InChI=1S/C11H10F5NO4/c1-3-20-10(18)7-5(19-2)4-6(21-11(14,15)16)17-8(7)9(12)13/h4,9H,3H2,1-2H3. The molecule has 0 saturated carbocycles. The van der Waals surface area contributed by atoms with Crippen LogP contribution >= 0.6 is 0 Å². The van der Waals surface area contributed by atoms with Gasteiger partial charge >= 0.3 is 12.3 Å². The monoisotopic (exact) mass is 315 g/mol. The van der Waals surface area contributed by atoms with Gasteiger partial charge in [0.05, 0.1) is 13.7 Å². The van der Waals surface area contributed by atoms with Crippen LogP contribution in [0.1, 0.15) is 29.4 Å². The Morgan fingerprint density at radius 3 is 2.43 bits per heavy atom. The molecule has 0 aliphatic rings. The highest BCUT2D eigenvalue weighted by atomic mass is 19.4. The summed E-state index contributed by atoms with van der Waals surface area (Å²) in [6.07, 6.45) is -8.45. The second-order valence-corrected chi connectivity index (χ2v) is 3.49. The lowest BCUT2D eigenvalue weighted by molar-refractivity contribution is -0.276. The van der Waals surface area contributed by atoms with Gasteiger partial charge in [-0.1, -0.05) is 0 Å². The van der Waals surface area contributed by atoms with Gasteiger partial charge in [0.2, 0.25) is 5.88 Å². The average Bonchev–Trinajstić information content (AvgIpc) is 2.35. The van der Waals surface area contributed by atoms with Crippen molar-refractivity contribution in [3.05, 3.63) is 17.3 Å². The number of rotatable bonds is 5. The molecule has 0 aliphatic heterocycles. The predicted octanol–water partition coefficient (Wildman–Crippen LogP) is 3.10. The number of ether oxygens (including phenoxy) is 3. The van der Waals surface area contributed by atoms with E-state index in [9.17, 15) is 26.7 Å². The van der Waals surface area contributed by atoms with E-state index in [-0.39, 0.29) is 6.61 Å². The van der Waals surface area contributed by atoms with Crippen LogP contribution in [0.3, 0.4) is 0 Å². The van der Waals surface area contributed by atoms with Gasteiger partial charge in [0.1, 0.15) is 17.0 Å². The van der Waals surface area contributed by atoms with Gasteiger partial charge < -0.3 is 14.2 Å². The van der Waals surface area contributed by atoms with Crippen LogP contribution in [-0.2, 0) is 4.74 Å². The Hall–Kier alpha value is -2.13. The predicted molar refractivity (Wildman–Crippen MR) is 58.4 cm³/mol. The molecule has 0 saturated heterocycles. The molecular formula is C11H10F5NO4. The molecule has 10 heteroatoms. The van der Waals surface area contributed by atoms with Gasteiger partial charge in [-0.3, -0.25) is 0 Å². The summed E-state index contributed by atoms with van der Waals surface area (Å²) < 4.78 is 74.7. The summed E-state index contributed by atoms with van der Waals surface area (Å²) in [5.41, 5.74) is -1.96. The van der Waals surface area contributed by atoms with Crippen molar-refractivity contribution in [3.8, 4) is 11.6 Å². The third-order valence-electron chi connectivity index (χ3n) is 2.11. The van der Waals surface area contributed by atoms with E-state index in [1.54, 1.807) is 0 Å². The number of pyridine rings is 1. The Kier molecular flexibility index (Phi) is 5.28. The molecule has 0 N–H and O–H groups in total. The highest BCUT2D eigenvalue weighted by Crippen LogP contribution is 2.34. The first-order valence-corrected chi connectivity index (χ1v) is 5.49. The normalized spacial score (nSPS) is 11.4. The van der Waals surface area contributed by atoms with Crippen LogP contribution in [0, 0.1) is 0 Å². The van der Waals surface area contributed by atoms with E-state index < -0.39 is 41.6 Å². The number of hydrogen-bond donors (Lipinski definition) is 0. The summed E-state index contributed by atoms with van der Waals surface area (Å²) in [5.74, 6) is -2.91. The second kappa shape index (κ2) is 6.55. The van der Waals surface area contributed by atoms with E-state index in [4.69, 9.17) is 0 Å². The summed E-state index contributed by atoms with van der Waals surface area (Å²) >= 11 is 0. The topological polar surface area (TPSA) is 57.7 Å². The number of hydrogen-bond acceptors (Lipinski definition) is 5. The van der Waals surface area contributed by atoms with Gasteiger partial charge in [0.15, 0.2) is 0 Å². The van der Waals surface area contributed by atoms with Gasteiger partial charge in [-0.25, -0.2) is 18.6 Å². The lowest BCUT2D eigenvalue weighted by Gasteiger charge is -2.15. The quantitative estimate of drug-likeness (QED) is 0.617. The maximum Gasteiger partial charge on any atom is 0.574 e. The van der Waals surface area contributed by atoms with Crippen LogP contribution < -0.4 is 9.47 Å². The first-order chi connectivity index (χ1) is 9.69. The number of halogens is 5. The van der Waals surface area contributed by atoms with E-state index in [0.717, 1.165) is 7.11 Å². The first-order valence-electron chi connectivity index (χ1n) is 5.49. The number of aromatic nitrogens is 1. The van der Waals surface area contributed by atoms with Gasteiger partial charge in [0.25, 0.3) is 6.43 Å². The van der Waals surface area contributed by atoms with Crippen molar-refractivity contribution in [1.82, 2.24) is 4.98 Å². The fraction of sp³-hybridized carbons (Fsp3) is 0.455. The molecule has 0 aliphatic carbocycles. The van der Waals surface area contributed by atoms with Crippen molar-refractivity contribution >= 4 is 5.97 Å². The highest BCUT2D eigenvalue weighted by Gasteiger charge is 2.34. The fourth-order valence-electron chi connectivity index (χ4n) is 1.42. The smallest absolute Gasteiger partial charge is 0.496 e. The molecule has 21 heavy (non-hydrogen) atoms. The minimum atomic E-state index is -5.12. The number of alkyl halides is 5. The molecule has 1 heterocycles. The lowest BCUT2D eigenvalue weighted by Crippen LogP contribution is -2.20. The Labute approximate surface area is 115 Å². The van der Waals surface area contributed by atoms with Crippen LogP contribution in [-0.4, -0.2) is 31.0 Å². The minimum Gasteiger partial charge on any atom is -0.496 e. The van der Waals surface area contributed by atoms with E-state index in [1.165, 1.54) is 6.92 Å². The van der Waals surface area contributed by atoms with E-state index in [1.807, 2.05) is 0 Å². The molecule has 0 amide bonds. The lowest BCUT2D eigenvalue weighted by atomic mass is 10.1. The van der Waals surface area contributed by atoms with Crippen LogP contribution in [0.2, 0.25) is 0 Å². The fourth-order valence-corrected chi connectivity index (χ4v) is 1.42. The summed E-state index contributed by atoms with van der Waals surface area (Å²) in [5, 5.41) is 0. The van der Waals surface area contributed by atoms with Gasteiger partial charge in [-0.2, -0.15) is 0 Å². The molecular weight excluding hydrogens is 305 g/mol. The molecule has 0 radical (unpaired) electrons. The van der Waals surface area contributed by atoms with E-state index in [0.29, 0.717) is 6.07 Å². The molecule has 1 aromatic heterocycles. The summed E-state index contributed by atoms with van der Waals surface area (Å²) in [4.78, 5) is 14.6. The van der Waals surface area contributed by atoms with Crippen molar-refractivity contribution in [1.29, 1.82) is 0 Å². The number of carbonyl (C=O) groups is 1. The van der Waals surface area contributed by atoms with Crippen molar-refractivity contribution in [3.63, 3.8) is 0 Å². The molecule has 5 nitrogen and oxygen atoms in total. The number of carbonyl (C=O) groups excluding carboxylic acids is 1. The molecule has 0 bridgehead atoms. The number of nitrogens with zero attached hydrogens (tertiary/aromatic N) is 1. The summed E-state index contributed by atoms with van der Waals surface area (Å²) in [6.45, 7) is 1.31. The maximum absolute atomic E-state index is 12.9. The molecule has 0 aromatic carbocycles. The zero-order chi connectivity index (χ0) is 16.2. The molecule has 0 atom stereocenters. The Morgan fingerprint density at radius 1 is 1.38 bits per heavy atom. The number of methoxy groups -OCH3 is 1. The molecule has 1 rings (SSSR count). The van der Waals surface area contributed by atoms with E-state index >= 15 is 0 Å². The number of esters is 1. The minimum absolute atomic E-state index is 0.120. The maximum atomic E-state index is 12.9. The Bertz CT molecular complexity index is 518. The van der Waals surface area contributed by atoms with Crippen LogP contribution in [0.5, 0.6) is 11.6 Å². The molecule has 0 spiro atoms. The van der Waals surface area contributed by atoms with Crippen LogP contribution in [0.15, 0.2) is 6.07 Å². The largest absolute Gasteiger partial charge is 0.574 e. The second-order valence-electron chi connectivity index (χ2n) is 3.49. The zero-order valence-corrected chi connectivity index (χ0v) is 10.8. The third-order valence-corrected chi connectivity index (χ3v) is 2.11. The SMILES string of the molecule is CCOC(=O)c1c(OC)cc(OC(F)(F)F)nc1C(F)F. The van der Waals surface area contributed by atoms with Crippen molar-refractivity contribution in [2.45, 2.75) is 19.7 Å². The zero-order valence-electron chi connectivity index (χ0n) is 10.8. The summed E-state index contributed by atoms with van der Waals surface area (Å²) in [6, 6.07) is 0.575. The molecule has 0 fully saturated rings. The average molecular weight is 315 g/mol. The van der Waals surface area contributed by atoms with Crippen LogP contribution in [0.4, 0.5) is 22.0 Å². The first kappa shape index (κ1) is 16.9. The Balaban J connectivity index is 3.39. The summed E-state index contributed by atoms with van der Waals surface area (Å²) in [7, 11) is 0.991. The van der Waals surface area contributed by atoms with E-state index in [2.05, 4.69) is 19.2 Å². The molecule has 0 unspecified atom stereocenters. The van der Waals surface area contributed by atoms with Gasteiger partial charge in [-0.15, -0.1) is 13.2 Å².